The fourth-order valence-corrected chi connectivity index (χ4v) is 2.62. The monoisotopic (exact) mass is 379 g/mol. The van der Waals surface area contributed by atoms with Gasteiger partial charge in [0.25, 0.3) is 0 Å². The van der Waals surface area contributed by atoms with E-state index in [1.165, 1.54) is 13.3 Å². The first-order valence-corrected chi connectivity index (χ1v) is 7.91. The number of halogens is 2. The zero-order valence-corrected chi connectivity index (χ0v) is 15.0. The highest BCUT2D eigenvalue weighted by Crippen LogP contribution is 2.33. The minimum absolute atomic E-state index is 0.306. The third-order valence-corrected chi connectivity index (χ3v) is 3.77. The van der Waals surface area contributed by atoms with Crippen LogP contribution in [0.4, 0.5) is 5.69 Å². The Balaban J connectivity index is 1.98. The molecule has 130 valence electrons. The lowest BCUT2D eigenvalue weighted by atomic mass is 10.2. The number of amides is 2. The van der Waals surface area contributed by atoms with Gasteiger partial charge in [-0.1, -0.05) is 41.4 Å². The topological polar surface area (TPSA) is 79.8 Å². The summed E-state index contributed by atoms with van der Waals surface area (Å²) in [6.07, 6.45) is 1.32. The van der Waals surface area contributed by atoms with Gasteiger partial charge >= 0.3 is 11.8 Å². The molecular formula is C17H15Cl2N3O3. The fraction of sp³-hybridized carbons (Fsp3) is 0.118. The molecule has 0 atom stereocenters. The van der Waals surface area contributed by atoms with Crippen LogP contribution in [-0.2, 0) is 9.59 Å². The summed E-state index contributed by atoms with van der Waals surface area (Å²) in [6, 6.07) is 10.2. The number of carbonyl (C=O) groups is 2. The van der Waals surface area contributed by atoms with Gasteiger partial charge in [0.1, 0.15) is 0 Å². The fourth-order valence-electron chi connectivity index (χ4n) is 1.96. The van der Waals surface area contributed by atoms with E-state index in [-0.39, 0.29) is 0 Å². The van der Waals surface area contributed by atoms with Crippen molar-refractivity contribution in [1.82, 2.24) is 5.43 Å². The van der Waals surface area contributed by atoms with E-state index in [1.54, 1.807) is 24.3 Å². The van der Waals surface area contributed by atoms with Crippen molar-refractivity contribution in [3.63, 3.8) is 0 Å². The van der Waals surface area contributed by atoms with Gasteiger partial charge in [-0.2, -0.15) is 5.10 Å². The van der Waals surface area contributed by atoms with Gasteiger partial charge in [0.15, 0.2) is 5.75 Å². The van der Waals surface area contributed by atoms with Crippen LogP contribution in [0.1, 0.15) is 11.1 Å². The van der Waals surface area contributed by atoms with Crippen molar-refractivity contribution < 1.29 is 14.3 Å². The number of nitrogens with one attached hydrogen (secondary N) is 2. The van der Waals surface area contributed by atoms with E-state index < -0.39 is 11.8 Å². The molecule has 0 saturated carbocycles. The summed E-state index contributed by atoms with van der Waals surface area (Å²) in [5.41, 5.74) is 4.07. The lowest BCUT2D eigenvalue weighted by molar-refractivity contribution is -0.136. The second-order valence-electron chi connectivity index (χ2n) is 4.99. The van der Waals surface area contributed by atoms with E-state index in [1.807, 2.05) is 19.1 Å². The molecule has 0 spiro atoms. The first-order valence-electron chi connectivity index (χ1n) is 7.15. The van der Waals surface area contributed by atoms with Crippen LogP contribution in [0.15, 0.2) is 41.5 Å². The molecule has 0 heterocycles. The van der Waals surface area contributed by atoms with Gasteiger partial charge in [0.05, 0.1) is 23.4 Å². The van der Waals surface area contributed by atoms with Crippen molar-refractivity contribution >= 4 is 46.9 Å². The van der Waals surface area contributed by atoms with Crippen molar-refractivity contribution in [2.24, 2.45) is 5.10 Å². The number of hydrazone groups is 1. The maximum Gasteiger partial charge on any atom is 0.329 e. The molecule has 0 aromatic heterocycles. The summed E-state index contributed by atoms with van der Waals surface area (Å²) >= 11 is 12.0. The second-order valence-corrected chi connectivity index (χ2v) is 5.80. The first-order chi connectivity index (χ1) is 11.9. The zero-order chi connectivity index (χ0) is 18.4. The predicted molar refractivity (Wildman–Crippen MR) is 98.6 cm³/mol. The maximum absolute atomic E-state index is 11.8. The third-order valence-electron chi connectivity index (χ3n) is 3.20. The number of ether oxygens (including phenoxy) is 1. The van der Waals surface area contributed by atoms with Crippen LogP contribution >= 0.6 is 23.2 Å². The molecule has 0 radical (unpaired) electrons. The maximum atomic E-state index is 11.8. The van der Waals surface area contributed by atoms with Gasteiger partial charge in [-0.25, -0.2) is 5.43 Å². The number of carbonyl (C=O) groups excluding carboxylic acids is 2. The Morgan fingerprint density at radius 3 is 2.36 bits per heavy atom. The van der Waals surface area contributed by atoms with E-state index in [0.29, 0.717) is 27.0 Å². The summed E-state index contributed by atoms with van der Waals surface area (Å²) in [7, 11) is 1.45. The molecule has 25 heavy (non-hydrogen) atoms. The molecule has 8 heteroatoms. The van der Waals surface area contributed by atoms with Crippen molar-refractivity contribution in [2.45, 2.75) is 6.92 Å². The van der Waals surface area contributed by atoms with Crippen LogP contribution in [-0.4, -0.2) is 25.1 Å². The average Bonchev–Trinajstić information content (AvgIpc) is 2.56. The lowest BCUT2D eigenvalue weighted by Crippen LogP contribution is -2.32. The van der Waals surface area contributed by atoms with Gasteiger partial charge in [0.2, 0.25) is 0 Å². The Bertz CT molecular complexity index is 815. The molecule has 0 bridgehead atoms. The van der Waals surface area contributed by atoms with Gasteiger partial charge in [-0.3, -0.25) is 9.59 Å². The van der Waals surface area contributed by atoms with E-state index in [2.05, 4.69) is 15.8 Å². The van der Waals surface area contributed by atoms with E-state index in [4.69, 9.17) is 27.9 Å². The molecule has 2 aromatic carbocycles. The summed E-state index contributed by atoms with van der Waals surface area (Å²) in [5.74, 6) is -1.37. The molecule has 2 aromatic rings. The number of hydrogen-bond acceptors (Lipinski definition) is 4. The predicted octanol–water partition coefficient (Wildman–Crippen LogP) is 3.40. The Kier molecular flexibility index (Phi) is 6.38. The molecular weight excluding hydrogens is 365 g/mol. The molecule has 2 N–H and O–H groups in total. The van der Waals surface area contributed by atoms with Crippen LogP contribution in [0, 0.1) is 6.92 Å². The molecule has 0 saturated heterocycles. The Morgan fingerprint density at radius 2 is 1.76 bits per heavy atom. The van der Waals surface area contributed by atoms with E-state index >= 15 is 0 Å². The molecule has 2 rings (SSSR count). The minimum atomic E-state index is -0.898. The lowest BCUT2D eigenvalue weighted by Gasteiger charge is -2.07. The highest BCUT2D eigenvalue weighted by atomic mass is 35.5. The molecule has 0 aliphatic heterocycles. The largest absolute Gasteiger partial charge is 0.494 e. The number of benzene rings is 2. The van der Waals surface area contributed by atoms with Crippen LogP contribution in [0.2, 0.25) is 10.0 Å². The number of methoxy groups -OCH3 is 1. The van der Waals surface area contributed by atoms with Gasteiger partial charge in [-0.05, 0) is 36.2 Å². The molecule has 0 aliphatic carbocycles. The molecule has 2 amide bonds. The van der Waals surface area contributed by atoms with Crippen molar-refractivity contribution in [3.8, 4) is 5.75 Å². The van der Waals surface area contributed by atoms with Crippen molar-refractivity contribution in [3.05, 3.63) is 57.6 Å². The number of nitrogens with zero attached hydrogens (tertiary/aromatic N) is 1. The molecule has 6 nitrogen and oxygen atoms in total. The number of aryl methyl sites for hydroxylation is 1. The smallest absolute Gasteiger partial charge is 0.329 e. The van der Waals surface area contributed by atoms with Crippen LogP contribution in [0.5, 0.6) is 5.75 Å². The third kappa shape index (κ3) is 4.95. The summed E-state index contributed by atoms with van der Waals surface area (Å²) < 4.78 is 5.04. The van der Waals surface area contributed by atoms with Crippen LogP contribution in [0.25, 0.3) is 0 Å². The van der Waals surface area contributed by atoms with Gasteiger partial charge in [0, 0.05) is 5.69 Å². The number of para-hydroxylation sites is 1. The highest BCUT2D eigenvalue weighted by Gasteiger charge is 2.13. The molecule has 0 aliphatic rings. The van der Waals surface area contributed by atoms with E-state index in [9.17, 15) is 9.59 Å². The standard InChI is InChI=1S/C17H15Cl2N3O3/c1-10-5-3-4-6-14(10)21-16(23)17(24)22-20-9-11-7-12(18)15(25-2)13(19)8-11/h3-9H,1-2H3,(H,21,23)(H,22,24)/b20-9-. The van der Waals surface area contributed by atoms with Crippen LogP contribution in [0.3, 0.4) is 0 Å². The first kappa shape index (κ1) is 18.8. The van der Waals surface area contributed by atoms with Crippen molar-refractivity contribution in [1.29, 1.82) is 0 Å². The average molecular weight is 380 g/mol. The van der Waals surface area contributed by atoms with Gasteiger partial charge < -0.3 is 10.1 Å². The van der Waals surface area contributed by atoms with Crippen molar-refractivity contribution in [2.75, 3.05) is 12.4 Å². The second kappa shape index (κ2) is 8.50. The Morgan fingerprint density at radius 1 is 1.12 bits per heavy atom. The van der Waals surface area contributed by atoms with Gasteiger partial charge in [-0.15, -0.1) is 0 Å². The molecule has 0 fully saturated rings. The summed E-state index contributed by atoms with van der Waals surface area (Å²) in [6.45, 7) is 1.82. The number of rotatable bonds is 4. The van der Waals surface area contributed by atoms with Crippen LogP contribution < -0.4 is 15.5 Å². The Labute approximate surface area is 154 Å². The Hall–Kier alpha value is -2.57. The summed E-state index contributed by atoms with van der Waals surface area (Å²) in [5, 5.41) is 6.84. The number of anilines is 1. The minimum Gasteiger partial charge on any atom is -0.494 e. The normalized spacial score (nSPS) is 10.6. The van der Waals surface area contributed by atoms with E-state index in [0.717, 1.165) is 5.56 Å². The SMILES string of the molecule is COc1c(Cl)cc(/C=N\NC(=O)C(=O)Nc2ccccc2C)cc1Cl. The zero-order valence-electron chi connectivity index (χ0n) is 13.5. The highest BCUT2D eigenvalue weighted by molar-refractivity contribution is 6.39. The quantitative estimate of drug-likeness (QED) is 0.485. The number of hydrogen-bond donors (Lipinski definition) is 2. The summed E-state index contributed by atoms with van der Waals surface area (Å²) in [4.78, 5) is 23.6. The molecule has 0 unspecified atom stereocenters.